The fraction of sp³-hybridized carbons (Fsp3) is 0.105. The highest BCUT2D eigenvalue weighted by atomic mass is 32.2. The van der Waals surface area contributed by atoms with Crippen LogP contribution in [0.4, 0.5) is 13.2 Å². The van der Waals surface area contributed by atoms with Crippen molar-refractivity contribution in [1.29, 1.82) is 0 Å². The SMILES string of the molecule is O=S(=O)(Oc1cccc2c1-c1cc(C(F)(F)F)ccc1CO2)c1ccccn1. The number of rotatable bonds is 3. The predicted molar refractivity (Wildman–Crippen MR) is 93.3 cm³/mol. The molecule has 28 heavy (non-hydrogen) atoms. The van der Waals surface area contributed by atoms with E-state index in [9.17, 15) is 21.6 Å². The van der Waals surface area contributed by atoms with Gasteiger partial charge in [0.2, 0.25) is 0 Å². The monoisotopic (exact) mass is 407 g/mol. The Hall–Kier alpha value is -3.07. The lowest BCUT2D eigenvalue weighted by molar-refractivity contribution is -0.137. The minimum Gasteiger partial charge on any atom is -0.488 e. The van der Waals surface area contributed by atoms with Crippen molar-refractivity contribution in [1.82, 2.24) is 4.98 Å². The van der Waals surface area contributed by atoms with Crippen molar-refractivity contribution in [3.63, 3.8) is 0 Å². The molecule has 0 atom stereocenters. The summed E-state index contributed by atoms with van der Waals surface area (Å²) in [6, 6.07) is 11.9. The fourth-order valence-corrected chi connectivity index (χ4v) is 3.78. The minimum absolute atomic E-state index is 0.0664. The van der Waals surface area contributed by atoms with E-state index in [1.54, 1.807) is 12.1 Å². The Kier molecular flexibility index (Phi) is 4.26. The second-order valence-corrected chi connectivity index (χ2v) is 7.49. The Balaban J connectivity index is 1.84. The maximum absolute atomic E-state index is 13.2. The summed E-state index contributed by atoms with van der Waals surface area (Å²) < 4.78 is 75.3. The van der Waals surface area contributed by atoms with Gasteiger partial charge >= 0.3 is 16.3 Å². The van der Waals surface area contributed by atoms with Crippen LogP contribution in [0.5, 0.6) is 11.5 Å². The van der Waals surface area contributed by atoms with Crippen LogP contribution in [0.25, 0.3) is 11.1 Å². The lowest BCUT2D eigenvalue weighted by Gasteiger charge is -2.24. The number of halogens is 3. The molecule has 5 nitrogen and oxygen atoms in total. The molecular formula is C19H12F3NO4S. The number of hydrogen-bond donors (Lipinski definition) is 0. The van der Waals surface area contributed by atoms with Gasteiger partial charge in [0.15, 0.2) is 10.8 Å². The molecule has 0 spiro atoms. The quantitative estimate of drug-likeness (QED) is 0.601. The Bertz CT molecular complexity index is 1150. The van der Waals surface area contributed by atoms with Gasteiger partial charge in [-0.15, -0.1) is 0 Å². The topological polar surface area (TPSA) is 65.5 Å². The van der Waals surface area contributed by atoms with E-state index in [0.717, 1.165) is 12.1 Å². The van der Waals surface area contributed by atoms with Crippen molar-refractivity contribution in [3.05, 3.63) is 71.9 Å². The molecule has 0 N–H and O–H groups in total. The zero-order chi connectivity index (χ0) is 19.9. The number of ether oxygens (including phenoxy) is 1. The molecule has 0 bridgehead atoms. The summed E-state index contributed by atoms with van der Waals surface area (Å²) in [5.41, 5.74) is 0.00511. The molecule has 144 valence electrons. The van der Waals surface area contributed by atoms with Gasteiger partial charge in [0.1, 0.15) is 12.4 Å². The van der Waals surface area contributed by atoms with Crippen LogP contribution in [0.2, 0.25) is 0 Å². The number of pyridine rings is 1. The third-order valence-electron chi connectivity index (χ3n) is 4.17. The fourth-order valence-electron chi connectivity index (χ4n) is 2.89. The maximum Gasteiger partial charge on any atom is 0.416 e. The van der Waals surface area contributed by atoms with Gasteiger partial charge in [-0.1, -0.05) is 18.2 Å². The maximum atomic E-state index is 13.2. The molecule has 2 heterocycles. The molecule has 0 saturated heterocycles. The zero-order valence-electron chi connectivity index (χ0n) is 14.1. The molecule has 4 rings (SSSR count). The van der Waals surface area contributed by atoms with Gasteiger partial charge in [0.25, 0.3) is 0 Å². The lowest BCUT2D eigenvalue weighted by atomic mass is 9.94. The molecule has 0 saturated carbocycles. The number of hydrogen-bond acceptors (Lipinski definition) is 5. The highest BCUT2D eigenvalue weighted by molar-refractivity contribution is 7.87. The molecule has 1 aliphatic heterocycles. The van der Waals surface area contributed by atoms with Gasteiger partial charge in [-0.3, -0.25) is 0 Å². The average Bonchev–Trinajstić information content (AvgIpc) is 2.67. The Morgan fingerprint density at radius 2 is 1.86 bits per heavy atom. The van der Waals surface area contributed by atoms with E-state index in [2.05, 4.69) is 4.98 Å². The smallest absolute Gasteiger partial charge is 0.416 e. The van der Waals surface area contributed by atoms with Crippen LogP contribution >= 0.6 is 0 Å². The molecule has 1 aliphatic rings. The summed E-state index contributed by atoms with van der Waals surface area (Å²) in [5.74, 6) is 0.101. The van der Waals surface area contributed by atoms with Crippen LogP contribution in [0.1, 0.15) is 11.1 Å². The molecule has 0 amide bonds. The Labute approximate surface area is 158 Å². The van der Waals surface area contributed by atoms with E-state index < -0.39 is 21.9 Å². The van der Waals surface area contributed by atoms with Crippen molar-refractivity contribution in [2.24, 2.45) is 0 Å². The Morgan fingerprint density at radius 3 is 2.57 bits per heavy atom. The molecule has 0 aliphatic carbocycles. The average molecular weight is 407 g/mol. The van der Waals surface area contributed by atoms with Crippen LogP contribution in [-0.4, -0.2) is 13.4 Å². The highest BCUT2D eigenvalue weighted by Gasteiger charge is 2.33. The summed E-state index contributed by atoms with van der Waals surface area (Å²) in [6.45, 7) is 0.0664. The van der Waals surface area contributed by atoms with Crippen LogP contribution in [-0.2, 0) is 22.9 Å². The molecule has 9 heteroatoms. The first kappa shape index (κ1) is 18.3. The highest BCUT2D eigenvalue weighted by Crippen LogP contribution is 2.46. The van der Waals surface area contributed by atoms with Gasteiger partial charge in [-0.25, -0.2) is 4.98 Å². The van der Waals surface area contributed by atoms with Gasteiger partial charge in [0.05, 0.1) is 11.1 Å². The molecule has 3 aromatic rings. The summed E-state index contributed by atoms with van der Waals surface area (Å²) in [5, 5.41) is -0.311. The molecule has 1 aromatic heterocycles. The van der Waals surface area contributed by atoms with E-state index in [-0.39, 0.29) is 34.3 Å². The Morgan fingerprint density at radius 1 is 1.04 bits per heavy atom. The number of aromatic nitrogens is 1. The van der Waals surface area contributed by atoms with Crippen molar-refractivity contribution in [2.75, 3.05) is 0 Å². The second kappa shape index (κ2) is 6.52. The van der Waals surface area contributed by atoms with Crippen molar-refractivity contribution < 1.29 is 30.5 Å². The lowest BCUT2D eigenvalue weighted by Crippen LogP contribution is -2.14. The third-order valence-corrected chi connectivity index (χ3v) is 5.32. The van der Waals surface area contributed by atoms with Crippen molar-refractivity contribution in [3.8, 4) is 22.6 Å². The first-order valence-electron chi connectivity index (χ1n) is 8.07. The molecule has 2 aromatic carbocycles. The molecule has 0 radical (unpaired) electrons. The van der Waals surface area contributed by atoms with Gasteiger partial charge < -0.3 is 8.92 Å². The second-order valence-electron chi connectivity index (χ2n) is 5.99. The first-order valence-corrected chi connectivity index (χ1v) is 9.48. The number of fused-ring (bicyclic) bond motifs is 3. The van der Waals surface area contributed by atoms with Crippen LogP contribution in [0.3, 0.4) is 0 Å². The summed E-state index contributed by atoms with van der Waals surface area (Å²) in [4.78, 5) is 3.76. The molecule has 0 unspecified atom stereocenters. The van der Waals surface area contributed by atoms with E-state index >= 15 is 0 Å². The zero-order valence-corrected chi connectivity index (χ0v) is 14.9. The van der Waals surface area contributed by atoms with Crippen LogP contribution in [0.15, 0.2) is 65.8 Å². The van der Waals surface area contributed by atoms with Crippen molar-refractivity contribution >= 4 is 10.1 Å². The standard InChI is InChI=1S/C19H12F3NO4S/c20-19(21,22)13-8-7-12-11-26-15-4-3-5-16(18(15)14(12)10-13)27-28(24,25)17-6-1-2-9-23-17/h1-10H,11H2. The van der Waals surface area contributed by atoms with Gasteiger partial charge in [0, 0.05) is 6.20 Å². The number of benzene rings is 2. The molecular weight excluding hydrogens is 395 g/mol. The molecule has 0 fully saturated rings. The van der Waals surface area contributed by atoms with E-state index in [4.69, 9.17) is 8.92 Å². The van der Waals surface area contributed by atoms with Crippen molar-refractivity contribution in [2.45, 2.75) is 17.8 Å². The van der Waals surface area contributed by atoms with E-state index in [1.165, 1.54) is 36.5 Å². The number of alkyl halides is 3. The first-order chi connectivity index (χ1) is 13.3. The van der Waals surface area contributed by atoms with Gasteiger partial charge in [-0.2, -0.15) is 21.6 Å². The third kappa shape index (κ3) is 3.29. The van der Waals surface area contributed by atoms with E-state index in [0.29, 0.717) is 5.56 Å². The van der Waals surface area contributed by atoms with Crippen LogP contribution in [0, 0.1) is 0 Å². The van der Waals surface area contributed by atoms with E-state index in [1.807, 2.05) is 0 Å². The number of nitrogens with zero attached hydrogens (tertiary/aromatic N) is 1. The van der Waals surface area contributed by atoms with Crippen LogP contribution < -0.4 is 8.92 Å². The summed E-state index contributed by atoms with van der Waals surface area (Å²) in [7, 11) is -4.28. The predicted octanol–water partition coefficient (Wildman–Crippen LogP) is 4.43. The summed E-state index contributed by atoms with van der Waals surface area (Å²) >= 11 is 0. The normalized spacial score (nSPS) is 13.2. The van der Waals surface area contributed by atoms with Gasteiger partial charge in [-0.05, 0) is 47.5 Å². The minimum atomic E-state index is -4.54. The summed E-state index contributed by atoms with van der Waals surface area (Å²) in [6.07, 6.45) is -3.24. The largest absolute Gasteiger partial charge is 0.488 e.